The lowest BCUT2D eigenvalue weighted by Gasteiger charge is -2.37. The predicted molar refractivity (Wildman–Crippen MR) is 114 cm³/mol. The van der Waals surface area contributed by atoms with Crippen molar-refractivity contribution >= 4 is 17.4 Å². The van der Waals surface area contributed by atoms with E-state index in [4.69, 9.17) is 14.2 Å². The lowest BCUT2D eigenvalue weighted by Crippen LogP contribution is -2.39. The number of benzene rings is 1. The number of anilines is 2. The number of ether oxygens (including phenoxy) is 3. The van der Waals surface area contributed by atoms with Crippen molar-refractivity contribution in [3.63, 3.8) is 0 Å². The number of nitrogens with one attached hydrogen (secondary N) is 1. The summed E-state index contributed by atoms with van der Waals surface area (Å²) < 4.78 is 15.9. The van der Waals surface area contributed by atoms with Crippen molar-refractivity contribution in [2.45, 2.75) is 38.6 Å². The Bertz CT molecular complexity index is 813. The fourth-order valence-electron chi connectivity index (χ4n) is 3.80. The first-order valence-corrected chi connectivity index (χ1v) is 9.95. The molecule has 0 bridgehead atoms. The minimum absolute atomic E-state index is 0.297. The molecule has 1 aliphatic rings. The first-order valence-electron chi connectivity index (χ1n) is 9.95. The molecule has 7 nitrogen and oxygen atoms in total. The van der Waals surface area contributed by atoms with Gasteiger partial charge in [-0.05, 0) is 49.9 Å². The van der Waals surface area contributed by atoms with Gasteiger partial charge in [0.25, 0.3) is 5.91 Å². The molecule has 1 aliphatic heterocycles. The molecule has 0 saturated carbocycles. The third kappa shape index (κ3) is 4.55. The number of carbonyl (C=O) groups is 1. The maximum Gasteiger partial charge on any atom is 0.257 e. The number of hydrogen-bond acceptors (Lipinski definition) is 6. The van der Waals surface area contributed by atoms with Crippen molar-refractivity contribution < 1.29 is 19.0 Å². The van der Waals surface area contributed by atoms with Crippen molar-refractivity contribution in [2.24, 2.45) is 0 Å². The van der Waals surface area contributed by atoms with Crippen LogP contribution >= 0.6 is 0 Å². The van der Waals surface area contributed by atoms with Gasteiger partial charge in [0.05, 0.1) is 33.2 Å². The van der Waals surface area contributed by atoms with Gasteiger partial charge in [-0.2, -0.15) is 0 Å². The molecule has 1 amide bonds. The van der Waals surface area contributed by atoms with Gasteiger partial charge in [0, 0.05) is 18.2 Å². The Kier molecular flexibility index (Phi) is 6.80. The van der Waals surface area contributed by atoms with E-state index in [0.717, 1.165) is 18.7 Å². The lowest BCUT2D eigenvalue weighted by molar-refractivity contribution is 0.102. The van der Waals surface area contributed by atoms with Crippen LogP contribution in [-0.2, 0) is 0 Å². The largest absolute Gasteiger partial charge is 0.493 e. The number of piperidine rings is 1. The molecule has 1 aromatic heterocycles. The fraction of sp³-hybridized carbons (Fsp3) is 0.455. The van der Waals surface area contributed by atoms with Crippen LogP contribution in [-0.4, -0.2) is 44.8 Å². The first-order chi connectivity index (χ1) is 14.1. The molecule has 156 valence electrons. The summed E-state index contributed by atoms with van der Waals surface area (Å²) in [5, 5.41) is 2.83. The van der Waals surface area contributed by atoms with Gasteiger partial charge in [-0.3, -0.25) is 4.79 Å². The van der Waals surface area contributed by atoms with Gasteiger partial charge in [0.1, 0.15) is 5.82 Å². The van der Waals surface area contributed by atoms with Crippen molar-refractivity contribution in [2.75, 3.05) is 38.1 Å². The molecule has 1 aromatic carbocycles. The van der Waals surface area contributed by atoms with Gasteiger partial charge in [-0.25, -0.2) is 4.98 Å². The van der Waals surface area contributed by atoms with Crippen molar-refractivity contribution in [3.05, 3.63) is 36.0 Å². The predicted octanol–water partition coefficient (Wildman–Crippen LogP) is 4.13. The molecular weight excluding hydrogens is 370 g/mol. The zero-order valence-electron chi connectivity index (χ0n) is 17.5. The normalized spacial score (nSPS) is 16.3. The minimum Gasteiger partial charge on any atom is -0.493 e. The SMILES string of the molecule is CCC1CCCCN1c1ccc(NC(=O)c2cc(OC)c(OC)c(OC)c2)nc1. The number of nitrogens with zero attached hydrogens (tertiary/aromatic N) is 2. The summed E-state index contributed by atoms with van der Waals surface area (Å²) in [5.41, 5.74) is 1.50. The van der Waals surface area contributed by atoms with Crippen LogP contribution in [0.25, 0.3) is 0 Å². The van der Waals surface area contributed by atoms with Crippen molar-refractivity contribution in [1.29, 1.82) is 0 Å². The first kappa shape index (κ1) is 20.8. The van der Waals surface area contributed by atoms with Gasteiger partial charge in [0.2, 0.25) is 5.75 Å². The van der Waals surface area contributed by atoms with Gasteiger partial charge in [0.15, 0.2) is 11.5 Å². The smallest absolute Gasteiger partial charge is 0.257 e. The molecule has 7 heteroatoms. The zero-order chi connectivity index (χ0) is 20.8. The summed E-state index contributed by atoms with van der Waals surface area (Å²) in [4.78, 5) is 19.6. The van der Waals surface area contributed by atoms with Crippen LogP contribution in [0.1, 0.15) is 43.0 Å². The van der Waals surface area contributed by atoms with E-state index in [1.807, 2.05) is 18.3 Å². The van der Waals surface area contributed by atoms with Gasteiger partial charge in [-0.15, -0.1) is 0 Å². The van der Waals surface area contributed by atoms with E-state index in [2.05, 4.69) is 22.1 Å². The van der Waals surface area contributed by atoms with Crippen LogP contribution in [0.15, 0.2) is 30.5 Å². The van der Waals surface area contributed by atoms with E-state index >= 15 is 0 Å². The Morgan fingerprint density at radius 2 is 1.86 bits per heavy atom. The van der Waals surface area contributed by atoms with Crippen molar-refractivity contribution in [1.82, 2.24) is 4.98 Å². The van der Waals surface area contributed by atoms with E-state index < -0.39 is 0 Å². The number of aromatic nitrogens is 1. The number of methoxy groups -OCH3 is 3. The average molecular weight is 399 g/mol. The molecule has 1 saturated heterocycles. The Morgan fingerprint density at radius 1 is 1.14 bits per heavy atom. The molecule has 2 heterocycles. The van der Waals surface area contributed by atoms with Crippen LogP contribution in [0.2, 0.25) is 0 Å². The molecule has 0 spiro atoms. The number of rotatable bonds is 7. The summed E-state index contributed by atoms with van der Waals surface area (Å²) in [5.74, 6) is 1.50. The Labute approximate surface area is 172 Å². The summed E-state index contributed by atoms with van der Waals surface area (Å²) in [7, 11) is 4.56. The van der Waals surface area contributed by atoms with Gasteiger partial charge >= 0.3 is 0 Å². The Balaban J connectivity index is 1.76. The second-order valence-corrected chi connectivity index (χ2v) is 7.02. The minimum atomic E-state index is -0.297. The van der Waals surface area contributed by atoms with Crippen LogP contribution in [0.4, 0.5) is 11.5 Å². The standard InChI is InChI=1S/C22H29N3O4/c1-5-16-8-6-7-11-25(16)17-9-10-20(23-14-17)24-22(26)15-12-18(27-2)21(29-4)19(13-15)28-3/h9-10,12-14,16H,5-8,11H2,1-4H3,(H,23,24,26). The van der Waals surface area contributed by atoms with Gasteiger partial charge in [-0.1, -0.05) is 6.92 Å². The summed E-state index contributed by atoms with van der Waals surface area (Å²) >= 11 is 0. The Hall–Kier alpha value is -2.96. The second kappa shape index (κ2) is 9.49. The molecule has 1 unspecified atom stereocenters. The molecule has 0 aliphatic carbocycles. The van der Waals surface area contributed by atoms with Crippen LogP contribution in [0.5, 0.6) is 17.2 Å². The molecule has 0 radical (unpaired) electrons. The molecule has 1 N–H and O–H groups in total. The molecular formula is C22H29N3O4. The summed E-state index contributed by atoms with van der Waals surface area (Å²) in [6.07, 6.45) is 6.66. The monoisotopic (exact) mass is 399 g/mol. The highest BCUT2D eigenvalue weighted by Gasteiger charge is 2.21. The number of pyridine rings is 1. The van der Waals surface area contributed by atoms with Crippen LogP contribution in [0, 0.1) is 0 Å². The summed E-state index contributed by atoms with van der Waals surface area (Å²) in [6, 6.07) is 7.65. The van der Waals surface area contributed by atoms with Gasteiger partial charge < -0.3 is 24.4 Å². The van der Waals surface area contributed by atoms with E-state index in [9.17, 15) is 4.79 Å². The number of hydrogen-bond donors (Lipinski definition) is 1. The maximum atomic E-state index is 12.7. The highest BCUT2D eigenvalue weighted by atomic mass is 16.5. The zero-order valence-corrected chi connectivity index (χ0v) is 17.5. The molecule has 1 fully saturated rings. The quantitative estimate of drug-likeness (QED) is 0.755. The summed E-state index contributed by atoms with van der Waals surface area (Å²) in [6.45, 7) is 3.28. The van der Waals surface area contributed by atoms with E-state index in [0.29, 0.717) is 34.7 Å². The third-order valence-corrected chi connectivity index (χ3v) is 5.35. The molecule has 29 heavy (non-hydrogen) atoms. The lowest BCUT2D eigenvalue weighted by atomic mass is 9.99. The van der Waals surface area contributed by atoms with E-state index in [1.54, 1.807) is 12.1 Å². The van der Waals surface area contributed by atoms with Crippen LogP contribution in [0.3, 0.4) is 0 Å². The van der Waals surface area contributed by atoms with Crippen LogP contribution < -0.4 is 24.4 Å². The second-order valence-electron chi connectivity index (χ2n) is 7.02. The number of amides is 1. The highest BCUT2D eigenvalue weighted by molar-refractivity contribution is 6.04. The van der Waals surface area contributed by atoms with E-state index in [-0.39, 0.29) is 5.91 Å². The molecule has 2 aromatic rings. The fourth-order valence-corrected chi connectivity index (χ4v) is 3.80. The van der Waals surface area contributed by atoms with Crippen molar-refractivity contribution in [3.8, 4) is 17.2 Å². The topological polar surface area (TPSA) is 72.9 Å². The average Bonchev–Trinajstić information content (AvgIpc) is 2.78. The number of carbonyl (C=O) groups excluding carboxylic acids is 1. The Morgan fingerprint density at radius 3 is 2.41 bits per heavy atom. The van der Waals surface area contributed by atoms with E-state index in [1.165, 1.54) is 40.6 Å². The molecule has 3 rings (SSSR count). The maximum absolute atomic E-state index is 12.7. The highest BCUT2D eigenvalue weighted by Crippen LogP contribution is 2.38. The molecule has 1 atom stereocenters. The third-order valence-electron chi connectivity index (χ3n) is 5.35.